The molecule has 0 aromatic heterocycles. The highest BCUT2D eigenvalue weighted by molar-refractivity contribution is 5.68. The molecular weight excluding hydrogens is 278 g/mol. The second kappa shape index (κ2) is 7.82. The molecule has 1 heteroatoms. The van der Waals surface area contributed by atoms with Crippen molar-refractivity contribution >= 4 is 5.57 Å². The largest absolute Gasteiger partial charge is 0.192 e. The molecule has 0 heterocycles. The molecule has 0 unspecified atom stereocenters. The van der Waals surface area contributed by atoms with Crippen LogP contribution < -0.4 is 0 Å². The molecule has 0 amide bonds. The third-order valence-electron chi connectivity index (χ3n) is 5.97. The number of nitriles is 1. The van der Waals surface area contributed by atoms with Crippen molar-refractivity contribution in [1.29, 1.82) is 5.26 Å². The Morgan fingerprint density at radius 3 is 1.74 bits per heavy atom. The van der Waals surface area contributed by atoms with Crippen molar-refractivity contribution in [3.05, 3.63) is 41.0 Å². The molecule has 23 heavy (non-hydrogen) atoms. The van der Waals surface area contributed by atoms with Crippen LogP contribution in [0.2, 0.25) is 0 Å². The van der Waals surface area contributed by atoms with E-state index >= 15 is 0 Å². The third-order valence-corrected chi connectivity index (χ3v) is 5.97. The van der Waals surface area contributed by atoms with Gasteiger partial charge in [-0.25, -0.2) is 0 Å². The lowest BCUT2D eigenvalue weighted by atomic mass is 9.71. The number of rotatable bonds is 3. The molecule has 0 N–H and O–H groups in total. The second-order valence-electron chi connectivity index (χ2n) is 7.44. The van der Waals surface area contributed by atoms with Crippen LogP contribution in [0.25, 0.3) is 5.57 Å². The molecule has 2 aliphatic rings. The summed E-state index contributed by atoms with van der Waals surface area (Å²) in [4.78, 5) is 0. The third kappa shape index (κ3) is 3.86. The summed E-state index contributed by atoms with van der Waals surface area (Å²) in [5.74, 6) is 1.62. The van der Waals surface area contributed by atoms with Gasteiger partial charge >= 0.3 is 0 Å². The van der Waals surface area contributed by atoms with Crippen LogP contribution in [0.3, 0.4) is 0 Å². The summed E-state index contributed by atoms with van der Waals surface area (Å²) >= 11 is 0. The van der Waals surface area contributed by atoms with E-state index in [-0.39, 0.29) is 0 Å². The van der Waals surface area contributed by atoms with E-state index in [1.54, 1.807) is 5.57 Å². The monoisotopic (exact) mass is 307 g/mol. The van der Waals surface area contributed by atoms with Gasteiger partial charge in [0.05, 0.1) is 11.6 Å². The van der Waals surface area contributed by atoms with Crippen LogP contribution in [-0.4, -0.2) is 0 Å². The number of benzene rings is 1. The van der Waals surface area contributed by atoms with E-state index in [1.807, 2.05) is 12.1 Å². The van der Waals surface area contributed by atoms with Gasteiger partial charge in [0.15, 0.2) is 0 Å². The van der Waals surface area contributed by atoms with Gasteiger partial charge in [-0.05, 0) is 67.7 Å². The maximum atomic E-state index is 9.02. The minimum atomic E-state index is 0.762. The van der Waals surface area contributed by atoms with Crippen molar-refractivity contribution in [3.8, 4) is 6.07 Å². The molecule has 0 spiro atoms. The summed E-state index contributed by atoms with van der Waals surface area (Å²) in [6, 6.07) is 10.5. The Morgan fingerprint density at radius 1 is 0.826 bits per heavy atom. The fourth-order valence-corrected chi connectivity index (χ4v) is 4.73. The van der Waals surface area contributed by atoms with Crippen molar-refractivity contribution in [2.45, 2.75) is 71.1 Å². The van der Waals surface area contributed by atoms with Gasteiger partial charge in [-0.3, -0.25) is 0 Å². The topological polar surface area (TPSA) is 23.8 Å². The highest BCUT2D eigenvalue weighted by Gasteiger charge is 2.27. The van der Waals surface area contributed by atoms with E-state index in [4.69, 9.17) is 5.26 Å². The lowest BCUT2D eigenvalue weighted by Crippen LogP contribution is -2.20. The summed E-state index contributed by atoms with van der Waals surface area (Å²) in [6.45, 7) is 2.33. The van der Waals surface area contributed by atoms with E-state index in [2.05, 4.69) is 25.1 Å². The predicted molar refractivity (Wildman–Crippen MR) is 96.9 cm³/mol. The molecule has 2 saturated carbocycles. The minimum Gasteiger partial charge on any atom is -0.192 e. The van der Waals surface area contributed by atoms with Gasteiger partial charge < -0.3 is 0 Å². The van der Waals surface area contributed by atoms with Crippen molar-refractivity contribution in [2.24, 2.45) is 11.8 Å². The molecule has 0 bridgehead atoms. The normalized spacial score (nSPS) is 20.0. The van der Waals surface area contributed by atoms with E-state index in [0.29, 0.717) is 0 Å². The summed E-state index contributed by atoms with van der Waals surface area (Å²) in [7, 11) is 0. The second-order valence-corrected chi connectivity index (χ2v) is 7.44. The van der Waals surface area contributed by atoms with Crippen molar-refractivity contribution in [1.82, 2.24) is 0 Å². The zero-order valence-electron chi connectivity index (χ0n) is 14.5. The standard InChI is InChI=1S/C22H29N/c1-17(19-14-12-18(16-23)13-15-19)22(20-8-4-2-5-9-20)21-10-6-3-7-11-21/h12-15,20-21H,2-11H2,1H3. The summed E-state index contributed by atoms with van der Waals surface area (Å²) in [5.41, 5.74) is 5.37. The van der Waals surface area contributed by atoms with Crippen LogP contribution in [0.15, 0.2) is 29.8 Å². The lowest BCUT2D eigenvalue weighted by Gasteiger charge is -2.34. The first-order valence-electron chi connectivity index (χ1n) is 9.51. The van der Waals surface area contributed by atoms with E-state index in [0.717, 1.165) is 17.4 Å². The SMILES string of the molecule is CC(=C(C1CCCCC1)C1CCCCC1)c1ccc(C#N)cc1. The first-order chi connectivity index (χ1) is 11.3. The van der Waals surface area contributed by atoms with Crippen LogP contribution >= 0.6 is 0 Å². The summed E-state index contributed by atoms with van der Waals surface area (Å²) in [6.07, 6.45) is 14.0. The highest BCUT2D eigenvalue weighted by atomic mass is 14.3. The predicted octanol–water partition coefficient (Wildman–Crippen LogP) is 6.49. The zero-order valence-corrected chi connectivity index (χ0v) is 14.5. The maximum absolute atomic E-state index is 9.02. The molecule has 0 radical (unpaired) electrons. The Balaban J connectivity index is 1.94. The lowest BCUT2D eigenvalue weighted by molar-refractivity contribution is 0.327. The molecule has 1 aromatic carbocycles. The molecule has 3 rings (SSSR count). The Hall–Kier alpha value is -1.55. The van der Waals surface area contributed by atoms with Gasteiger partial charge in [0, 0.05) is 0 Å². The Bertz CT molecular complexity index is 555. The first kappa shape index (κ1) is 16.3. The van der Waals surface area contributed by atoms with Crippen molar-refractivity contribution in [2.75, 3.05) is 0 Å². The van der Waals surface area contributed by atoms with E-state index in [1.165, 1.54) is 75.3 Å². The van der Waals surface area contributed by atoms with Gasteiger partial charge in [0.1, 0.15) is 0 Å². The molecule has 2 fully saturated rings. The minimum absolute atomic E-state index is 0.762. The first-order valence-corrected chi connectivity index (χ1v) is 9.51. The summed E-state index contributed by atoms with van der Waals surface area (Å²) in [5, 5.41) is 9.02. The number of nitrogens with zero attached hydrogens (tertiary/aromatic N) is 1. The quantitative estimate of drug-likeness (QED) is 0.626. The molecule has 0 aliphatic heterocycles. The van der Waals surface area contributed by atoms with Crippen LogP contribution in [0.1, 0.15) is 82.3 Å². The Labute approximate surface area is 141 Å². The highest BCUT2D eigenvalue weighted by Crippen LogP contribution is 2.43. The molecular formula is C22H29N. The molecule has 122 valence electrons. The fourth-order valence-electron chi connectivity index (χ4n) is 4.73. The molecule has 2 aliphatic carbocycles. The van der Waals surface area contributed by atoms with Gasteiger partial charge in [-0.15, -0.1) is 0 Å². The Morgan fingerprint density at radius 2 is 1.30 bits per heavy atom. The number of allylic oxidation sites excluding steroid dienone is 2. The van der Waals surface area contributed by atoms with Crippen LogP contribution in [0.5, 0.6) is 0 Å². The van der Waals surface area contributed by atoms with E-state index < -0.39 is 0 Å². The van der Waals surface area contributed by atoms with Crippen molar-refractivity contribution < 1.29 is 0 Å². The smallest absolute Gasteiger partial charge is 0.0991 e. The average Bonchev–Trinajstić information content (AvgIpc) is 2.64. The number of hydrogen-bond acceptors (Lipinski definition) is 1. The maximum Gasteiger partial charge on any atom is 0.0991 e. The van der Waals surface area contributed by atoms with Crippen LogP contribution in [0.4, 0.5) is 0 Å². The molecule has 1 nitrogen and oxygen atoms in total. The zero-order chi connectivity index (χ0) is 16.1. The summed E-state index contributed by atoms with van der Waals surface area (Å²) < 4.78 is 0. The van der Waals surface area contributed by atoms with E-state index in [9.17, 15) is 0 Å². The molecule has 1 aromatic rings. The fraction of sp³-hybridized carbons (Fsp3) is 0.591. The van der Waals surface area contributed by atoms with Gasteiger partial charge in [0.25, 0.3) is 0 Å². The van der Waals surface area contributed by atoms with Gasteiger partial charge in [-0.2, -0.15) is 5.26 Å². The van der Waals surface area contributed by atoms with Crippen LogP contribution in [-0.2, 0) is 0 Å². The van der Waals surface area contributed by atoms with Gasteiger partial charge in [-0.1, -0.05) is 56.2 Å². The molecule has 0 saturated heterocycles. The average molecular weight is 307 g/mol. The van der Waals surface area contributed by atoms with Crippen molar-refractivity contribution in [3.63, 3.8) is 0 Å². The van der Waals surface area contributed by atoms with Crippen LogP contribution in [0, 0.1) is 23.2 Å². The number of hydrogen-bond donors (Lipinski definition) is 0. The Kier molecular flexibility index (Phi) is 5.55. The van der Waals surface area contributed by atoms with Gasteiger partial charge in [0.2, 0.25) is 0 Å². The molecule has 0 atom stereocenters.